The Morgan fingerprint density at radius 2 is 2.00 bits per heavy atom. The van der Waals surface area contributed by atoms with E-state index < -0.39 is 0 Å². The molecule has 0 saturated heterocycles. The Bertz CT molecular complexity index is 577. The lowest BCUT2D eigenvalue weighted by Crippen LogP contribution is -2.07. The second kappa shape index (κ2) is 6.00. The summed E-state index contributed by atoms with van der Waals surface area (Å²) in [4.78, 5) is 8.75. The summed E-state index contributed by atoms with van der Waals surface area (Å²) in [5.41, 5.74) is 6.44. The zero-order valence-electron chi connectivity index (χ0n) is 12.4. The van der Waals surface area contributed by atoms with E-state index >= 15 is 0 Å². The summed E-state index contributed by atoms with van der Waals surface area (Å²) in [7, 11) is 0. The van der Waals surface area contributed by atoms with Crippen molar-refractivity contribution < 1.29 is 4.74 Å². The van der Waals surface area contributed by atoms with E-state index in [1.165, 1.54) is 0 Å². The third kappa shape index (κ3) is 3.14. The molecule has 0 spiro atoms. The van der Waals surface area contributed by atoms with E-state index in [1.54, 1.807) is 12.4 Å². The van der Waals surface area contributed by atoms with Gasteiger partial charge in [0, 0.05) is 18.5 Å². The second-order valence-corrected chi connectivity index (χ2v) is 5.25. The Labute approximate surface area is 119 Å². The van der Waals surface area contributed by atoms with Crippen LogP contribution in [-0.4, -0.2) is 19.7 Å². The highest BCUT2D eigenvalue weighted by Crippen LogP contribution is 2.24. The normalized spacial score (nSPS) is 11.3. The highest BCUT2D eigenvalue weighted by molar-refractivity contribution is 5.30. The third-order valence-corrected chi connectivity index (χ3v) is 2.89. The van der Waals surface area contributed by atoms with Crippen molar-refractivity contribution in [2.24, 2.45) is 5.73 Å². The largest absolute Gasteiger partial charge is 0.450 e. The number of aromatic nitrogens is 4. The van der Waals surface area contributed by atoms with E-state index in [4.69, 9.17) is 10.5 Å². The van der Waals surface area contributed by atoms with Crippen LogP contribution in [0.25, 0.3) is 0 Å². The van der Waals surface area contributed by atoms with Crippen molar-refractivity contribution in [3.8, 4) is 11.5 Å². The molecule has 2 rings (SSSR count). The van der Waals surface area contributed by atoms with Gasteiger partial charge < -0.3 is 10.5 Å². The van der Waals surface area contributed by atoms with Crippen molar-refractivity contribution in [3.05, 3.63) is 30.1 Å². The SMILES string of the molecule is CC(C)c1ncc(Oc2cnn(C(C)C)c2)c(CN)n1. The third-order valence-electron chi connectivity index (χ3n) is 2.89. The lowest BCUT2D eigenvalue weighted by molar-refractivity contribution is 0.463. The Morgan fingerprint density at radius 1 is 1.25 bits per heavy atom. The second-order valence-electron chi connectivity index (χ2n) is 5.25. The van der Waals surface area contributed by atoms with Gasteiger partial charge in [-0.2, -0.15) is 5.10 Å². The summed E-state index contributed by atoms with van der Waals surface area (Å²) in [5, 5.41) is 4.23. The zero-order valence-corrected chi connectivity index (χ0v) is 12.4. The summed E-state index contributed by atoms with van der Waals surface area (Å²) in [5.74, 6) is 2.28. The van der Waals surface area contributed by atoms with Gasteiger partial charge in [-0.05, 0) is 13.8 Å². The molecule has 20 heavy (non-hydrogen) atoms. The Hall–Kier alpha value is -1.95. The van der Waals surface area contributed by atoms with Crippen LogP contribution < -0.4 is 10.5 Å². The predicted molar refractivity (Wildman–Crippen MR) is 76.7 cm³/mol. The molecule has 0 saturated carbocycles. The van der Waals surface area contributed by atoms with Gasteiger partial charge in [-0.15, -0.1) is 0 Å². The maximum absolute atomic E-state index is 5.78. The van der Waals surface area contributed by atoms with Crippen molar-refractivity contribution in [3.63, 3.8) is 0 Å². The van der Waals surface area contributed by atoms with E-state index in [0.29, 0.717) is 29.8 Å². The van der Waals surface area contributed by atoms with Crippen LogP contribution in [0.5, 0.6) is 11.5 Å². The average Bonchev–Trinajstić information content (AvgIpc) is 2.87. The van der Waals surface area contributed by atoms with Crippen LogP contribution in [0.4, 0.5) is 0 Å². The highest BCUT2D eigenvalue weighted by Gasteiger charge is 2.11. The first-order valence-electron chi connectivity index (χ1n) is 6.79. The van der Waals surface area contributed by atoms with Crippen LogP contribution in [0.15, 0.2) is 18.6 Å². The van der Waals surface area contributed by atoms with E-state index in [1.807, 2.05) is 24.7 Å². The molecule has 0 amide bonds. The maximum Gasteiger partial charge on any atom is 0.168 e. The van der Waals surface area contributed by atoms with Crippen LogP contribution in [-0.2, 0) is 6.54 Å². The lowest BCUT2D eigenvalue weighted by Gasteiger charge is -2.10. The fourth-order valence-electron chi connectivity index (χ4n) is 1.71. The van der Waals surface area contributed by atoms with Gasteiger partial charge in [-0.3, -0.25) is 4.68 Å². The molecule has 2 aromatic rings. The summed E-state index contributed by atoms with van der Waals surface area (Å²) in [6.45, 7) is 8.52. The van der Waals surface area contributed by atoms with Gasteiger partial charge in [0.25, 0.3) is 0 Å². The minimum atomic E-state index is 0.262. The molecular formula is C14H21N5O. The number of ether oxygens (including phenoxy) is 1. The molecule has 0 aromatic carbocycles. The van der Waals surface area contributed by atoms with E-state index in [0.717, 1.165) is 5.82 Å². The average molecular weight is 275 g/mol. The van der Waals surface area contributed by atoms with Crippen molar-refractivity contribution in [2.45, 2.75) is 46.2 Å². The van der Waals surface area contributed by atoms with Crippen LogP contribution in [0.3, 0.4) is 0 Å². The van der Waals surface area contributed by atoms with Gasteiger partial charge >= 0.3 is 0 Å². The molecule has 0 atom stereocenters. The van der Waals surface area contributed by atoms with E-state index in [-0.39, 0.29) is 5.92 Å². The van der Waals surface area contributed by atoms with Crippen molar-refractivity contribution >= 4 is 0 Å². The molecule has 108 valence electrons. The minimum Gasteiger partial charge on any atom is -0.450 e. The molecule has 0 aliphatic rings. The van der Waals surface area contributed by atoms with Gasteiger partial charge in [0.05, 0.1) is 18.6 Å². The van der Waals surface area contributed by atoms with E-state index in [9.17, 15) is 0 Å². The van der Waals surface area contributed by atoms with Crippen LogP contribution in [0.1, 0.15) is 51.2 Å². The zero-order chi connectivity index (χ0) is 14.7. The fraction of sp³-hybridized carbons (Fsp3) is 0.500. The van der Waals surface area contributed by atoms with Gasteiger partial charge in [-0.25, -0.2) is 9.97 Å². The van der Waals surface area contributed by atoms with Crippen molar-refractivity contribution in [1.82, 2.24) is 19.7 Å². The highest BCUT2D eigenvalue weighted by atomic mass is 16.5. The molecule has 2 aromatic heterocycles. The molecule has 6 heteroatoms. The fourth-order valence-corrected chi connectivity index (χ4v) is 1.71. The molecule has 0 bridgehead atoms. The van der Waals surface area contributed by atoms with Gasteiger partial charge in [0.2, 0.25) is 0 Å². The minimum absolute atomic E-state index is 0.262. The molecule has 0 radical (unpaired) electrons. The Balaban J connectivity index is 2.23. The van der Waals surface area contributed by atoms with Gasteiger partial charge in [0.15, 0.2) is 11.5 Å². The molecule has 6 nitrogen and oxygen atoms in total. The number of nitrogens with two attached hydrogens (primary N) is 1. The van der Waals surface area contributed by atoms with Gasteiger partial charge in [0.1, 0.15) is 11.5 Å². The molecule has 0 fully saturated rings. The maximum atomic E-state index is 5.78. The summed E-state index contributed by atoms with van der Waals surface area (Å²) in [6.07, 6.45) is 5.20. The topological polar surface area (TPSA) is 78.9 Å². The summed E-state index contributed by atoms with van der Waals surface area (Å²) in [6, 6.07) is 0.292. The smallest absolute Gasteiger partial charge is 0.168 e. The lowest BCUT2D eigenvalue weighted by atomic mass is 10.2. The Morgan fingerprint density at radius 3 is 2.55 bits per heavy atom. The molecular weight excluding hydrogens is 254 g/mol. The van der Waals surface area contributed by atoms with Crippen molar-refractivity contribution in [1.29, 1.82) is 0 Å². The molecule has 2 heterocycles. The molecule has 2 N–H and O–H groups in total. The summed E-state index contributed by atoms with van der Waals surface area (Å²) >= 11 is 0. The number of rotatable bonds is 5. The summed E-state index contributed by atoms with van der Waals surface area (Å²) < 4.78 is 7.61. The molecule has 0 aliphatic heterocycles. The standard InChI is InChI=1S/C14H21N5O/c1-9(2)14-16-7-13(12(5-15)18-14)20-11-6-17-19(8-11)10(3)4/h6-10H,5,15H2,1-4H3. The van der Waals surface area contributed by atoms with Crippen LogP contribution in [0.2, 0.25) is 0 Å². The Kier molecular flexibility index (Phi) is 4.34. The monoisotopic (exact) mass is 275 g/mol. The van der Waals surface area contributed by atoms with E-state index in [2.05, 4.69) is 28.9 Å². The van der Waals surface area contributed by atoms with Crippen LogP contribution >= 0.6 is 0 Å². The van der Waals surface area contributed by atoms with Crippen molar-refractivity contribution in [2.75, 3.05) is 0 Å². The number of hydrogen-bond donors (Lipinski definition) is 1. The number of nitrogens with zero attached hydrogens (tertiary/aromatic N) is 4. The first-order chi connectivity index (χ1) is 9.51. The number of hydrogen-bond acceptors (Lipinski definition) is 5. The quantitative estimate of drug-likeness (QED) is 0.907. The van der Waals surface area contributed by atoms with Crippen LogP contribution in [0, 0.1) is 0 Å². The first-order valence-corrected chi connectivity index (χ1v) is 6.79. The van der Waals surface area contributed by atoms with Gasteiger partial charge in [-0.1, -0.05) is 13.8 Å². The molecule has 0 aliphatic carbocycles. The molecule has 0 unspecified atom stereocenters. The first kappa shape index (κ1) is 14.5. The predicted octanol–water partition coefficient (Wildman–Crippen LogP) is 2.63.